The van der Waals surface area contributed by atoms with Gasteiger partial charge < -0.3 is 4.90 Å². The van der Waals surface area contributed by atoms with Crippen molar-refractivity contribution >= 4 is 5.91 Å². The number of hydrogen-bond acceptors (Lipinski definition) is 1. The summed E-state index contributed by atoms with van der Waals surface area (Å²) in [5, 5.41) is 0. The number of likely N-dealkylation sites (tertiary alicyclic amines) is 1. The first-order valence-corrected chi connectivity index (χ1v) is 4.59. The highest BCUT2D eigenvalue weighted by molar-refractivity contribution is 5.80. The molecule has 2 heteroatoms. The van der Waals surface area contributed by atoms with Gasteiger partial charge >= 0.3 is 0 Å². The lowest BCUT2D eigenvalue weighted by molar-refractivity contribution is -0.125. The summed E-state index contributed by atoms with van der Waals surface area (Å²) < 4.78 is 0. The molecule has 12 heavy (non-hydrogen) atoms. The zero-order valence-electron chi connectivity index (χ0n) is 7.97. The standard InChI is InChI=1S/C10H17NO/c1-4-10(5-2)7-9(12)11(6-3)8-10/h6H,3-5,7-8H2,1-2H3. The van der Waals surface area contributed by atoms with Gasteiger partial charge in [0.1, 0.15) is 0 Å². The molecule has 0 atom stereocenters. The van der Waals surface area contributed by atoms with Crippen LogP contribution in [0.5, 0.6) is 0 Å². The van der Waals surface area contributed by atoms with Gasteiger partial charge in [-0.1, -0.05) is 20.4 Å². The van der Waals surface area contributed by atoms with Crippen LogP contribution < -0.4 is 0 Å². The average Bonchev–Trinajstić information content (AvgIpc) is 2.43. The SMILES string of the molecule is C=CN1CC(CC)(CC)CC1=O. The Morgan fingerprint density at radius 1 is 1.58 bits per heavy atom. The second-order valence-corrected chi connectivity index (χ2v) is 3.59. The molecule has 0 saturated carbocycles. The minimum Gasteiger partial charge on any atom is -0.319 e. The van der Waals surface area contributed by atoms with Crippen LogP contribution in [0.15, 0.2) is 12.8 Å². The van der Waals surface area contributed by atoms with Crippen molar-refractivity contribution in [2.45, 2.75) is 33.1 Å². The van der Waals surface area contributed by atoms with Crippen molar-refractivity contribution in [3.05, 3.63) is 12.8 Å². The summed E-state index contributed by atoms with van der Waals surface area (Å²) in [7, 11) is 0. The van der Waals surface area contributed by atoms with E-state index in [0.29, 0.717) is 6.42 Å². The third-order valence-corrected chi connectivity index (χ3v) is 3.07. The summed E-state index contributed by atoms with van der Waals surface area (Å²) in [6, 6.07) is 0. The Hall–Kier alpha value is -0.790. The molecule has 1 amide bonds. The molecule has 1 heterocycles. The van der Waals surface area contributed by atoms with Crippen LogP contribution in [0.3, 0.4) is 0 Å². The number of amides is 1. The van der Waals surface area contributed by atoms with Crippen LogP contribution in [0.2, 0.25) is 0 Å². The Labute approximate surface area is 74.2 Å². The zero-order valence-corrected chi connectivity index (χ0v) is 7.97. The van der Waals surface area contributed by atoms with Gasteiger partial charge in [0.2, 0.25) is 5.91 Å². The largest absolute Gasteiger partial charge is 0.319 e. The fourth-order valence-electron chi connectivity index (χ4n) is 1.82. The van der Waals surface area contributed by atoms with E-state index in [2.05, 4.69) is 20.4 Å². The second kappa shape index (κ2) is 3.30. The summed E-state index contributed by atoms with van der Waals surface area (Å²) in [5.41, 5.74) is 0.227. The Balaban J connectivity index is 2.74. The number of rotatable bonds is 3. The third kappa shape index (κ3) is 1.38. The molecular weight excluding hydrogens is 150 g/mol. The Kier molecular flexibility index (Phi) is 2.55. The molecule has 0 aromatic rings. The second-order valence-electron chi connectivity index (χ2n) is 3.59. The van der Waals surface area contributed by atoms with Crippen LogP contribution in [0.4, 0.5) is 0 Å². The van der Waals surface area contributed by atoms with Crippen molar-refractivity contribution in [1.29, 1.82) is 0 Å². The number of carbonyl (C=O) groups is 1. The molecule has 1 aliphatic rings. The molecule has 0 aliphatic carbocycles. The van der Waals surface area contributed by atoms with E-state index in [1.807, 2.05) is 0 Å². The highest BCUT2D eigenvalue weighted by Crippen LogP contribution is 2.37. The van der Waals surface area contributed by atoms with Crippen LogP contribution in [0.1, 0.15) is 33.1 Å². The van der Waals surface area contributed by atoms with Crippen LogP contribution in [-0.2, 0) is 4.79 Å². The first-order valence-electron chi connectivity index (χ1n) is 4.59. The average molecular weight is 167 g/mol. The molecule has 0 bridgehead atoms. The Bertz CT molecular complexity index is 194. The lowest BCUT2D eigenvalue weighted by atomic mass is 9.82. The molecule has 0 spiro atoms. The van der Waals surface area contributed by atoms with Crippen molar-refractivity contribution in [1.82, 2.24) is 4.90 Å². The summed E-state index contributed by atoms with van der Waals surface area (Å²) in [6.45, 7) is 8.81. The molecule has 0 N–H and O–H groups in total. The predicted molar refractivity (Wildman–Crippen MR) is 49.5 cm³/mol. The van der Waals surface area contributed by atoms with E-state index in [1.54, 1.807) is 11.1 Å². The van der Waals surface area contributed by atoms with Crippen LogP contribution >= 0.6 is 0 Å². The third-order valence-electron chi connectivity index (χ3n) is 3.07. The van der Waals surface area contributed by atoms with E-state index >= 15 is 0 Å². The summed E-state index contributed by atoms with van der Waals surface area (Å²) in [4.78, 5) is 13.1. The van der Waals surface area contributed by atoms with Crippen LogP contribution in [-0.4, -0.2) is 17.4 Å². The van der Waals surface area contributed by atoms with Gasteiger partial charge in [-0.05, 0) is 24.5 Å². The smallest absolute Gasteiger partial charge is 0.227 e. The van der Waals surface area contributed by atoms with Gasteiger partial charge in [0, 0.05) is 13.0 Å². The molecule has 68 valence electrons. The maximum Gasteiger partial charge on any atom is 0.227 e. The molecule has 0 aromatic heterocycles. The highest BCUT2D eigenvalue weighted by Gasteiger charge is 2.39. The first kappa shape index (κ1) is 9.30. The van der Waals surface area contributed by atoms with E-state index in [9.17, 15) is 4.79 Å². The molecular formula is C10H17NO. The Morgan fingerprint density at radius 3 is 2.42 bits per heavy atom. The molecule has 1 saturated heterocycles. The van der Waals surface area contributed by atoms with Crippen LogP contribution in [0.25, 0.3) is 0 Å². The lowest BCUT2D eigenvalue weighted by Gasteiger charge is -2.24. The van der Waals surface area contributed by atoms with Crippen molar-refractivity contribution in [2.24, 2.45) is 5.41 Å². The Morgan fingerprint density at radius 2 is 2.17 bits per heavy atom. The normalized spacial score (nSPS) is 21.5. The first-order chi connectivity index (χ1) is 5.67. The number of hydrogen-bond donors (Lipinski definition) is 0. The number of carbonyl (C=O) groups excluding carboxylic acids is 1. The van der Waals surface area contributed by atoms with Gasteiger partial charge in [-0.2, -0.15) is 0 Å². The number of nitrogens with zero attached hydrogens (tertiary/aromatic N) is 1. The molecule has 0 radical (unpaired) electrons. The molecule has 1 aliphatic heterocycles. The summed E-state index contributed by atoms with van der Waals surface area (Å²) in [6.07, 6.45) is 4.51. The van der Waals surface area contributed by atoms with E-state index in [1.165, 1.54) is 0 Å². The molecule has 0 unspecified atom stereocenters. The van der Waals surface area contributed by atoms with E-state index in [4.69, 9.17) is 0 Å². The highest BCUT2D eigenvalue weighted by atomic mass is 16.2. The predicted octanol–water partition coefficient (Wildman–Crippen LogP) is 2.17. The van der Waals surface area contributed by atoms with Crippen molar-refractivity contribution in [3.63, 3.8) is 0 Å². The topological polar surface area (TPSA) is 20.3 Å². The molecule has 0 aromatic carbocycles. The summed E-state index contributed by atoms with van der Waals surface area (Å²) in [5.74, 6) is 0.230. The molecule has 1 fully saturated rings. The fraction of sp³-hybridized carbons (Fsp3) is 0.700. The maximum atomic E-state index is 11.4. The maximum absolute atomic E-state index is 11.4. The monoisotopic (exact) mass is 167 g/mol. The fourth-order valence-corrected chi connectivity index (χ4v) is 1.82. The lowest BCUT2D eigenvalue weighted by Crippen LogP contribution is -2.23. The van der Waals surface area contributed by atoms with Gasteiger partial charge in [0.05, 0.1) is 0 Å². The van der Waals surface area contributed by atoms with Crippen LogP contribution in [0, 0.1) is 5.41 Å². The van der Waals surface area contributed by atoms with Crippen molar-refractivity contribution in [3.8, 4) is 0 Å². The van der Waals surface area contributed by atoms with Crippen molar-refractivity contribution < 1.29 is 4.79 Å². The summed E-state index contributed by atoms with van der Waals surface area (Å²) >= 11 is 0. The van der Waals surface area contributed by atoms with Gasteiger partial charge in [-0.25, -0.2) is 0 Å². The van der Waals surface area contributed by atoms with Gasteiger partial charge in [-0.15, -0.1) is 0 Å². The van der Waals surface area contributed by atoms with Crippen molar-refractivity contribution in [2.75, 3.05) is 6.54 Å². The van der Waals surface area contributed by atoms with Gasteiger partial charge in [0.25, 0.3) is 0 Å². The van der Waals surface area contributed by atoms with E-state index < -0.39 is 0 Å². The van der Waals surface area contributed by atoms with E-state index in [0.717, 1.165) is 19.4 Å². The minimum absolute atomic E-state index is 0.227. The molecule has 2 nitrogen and oxygen atoms in total. The van der Waals surface area contributed by atoms with Gasteiger partial charge in [0.15, 0.2) is 0 Å². The quantitative estimate of drug-likeness (QED) is 0.630. The van der Waals surface area contributed by atoms with Gasteiger partial charge in [-0.3, -0.25) is 4.79 Å². The zero-order chi connectivity index (χ0) is 9.19. The molecule has 1 rings (SSSR count). The van der Waals surface area contributed by atoms with E-state index in [-0.39, 0.29) is 11.3 Å². The minimum atomic E-state index is 0.227.